The van der Waals surface area contributed by atoms with E-state index in [2.05, 4.69) is 10.1 Å². The monoisotopic (exact) mass is 152 g/mol. The van der Waals surface area contributed by atoms with Crippen molar-refractivity contribution in [1.82, 2.24) is 5.32 Å². The molecule has 9 heavy (non-hydrogen) atoms. The first-order chi connectivity index (χ1) is 4.04. The summed E-state index contributed by atoms with van der Waals surface area (Å²) in [6.45, 7) is 1.83. The van der Waals surface area contributed by atoms with E-state index in [0.717, 1.165) is 0 Å². The minimum absolute atomic E-state index is 0.0409. The number of hydrogen-bond acceptors (Lipinski definition) is 3. The molecule has 3 N–H and O–H groups in total. The first kappa shape index (κ1) is 9.17. The molecule has 2 unspecified atom stereocenters. The summed E-state index contributed by atoms with van der Waals surface area (Å²) in [7, 11) is 3.75. The normalized spacial score (nSPS) is 39.0. The summed E-state index contributed by atoms with van der Waals surface area (Å²) in [5, 5.41) is 1.93. The van der Waals surface area contributed by atoms with Crippen LogP contribution < -0.4 is 11.1 Å². The smallest absolute Gasteiger partial charge is 0.220 e. The van der Waals surface area contributed by atoms with Gasteiger partial charge in [0, 0.05) is 0 Å². The zero-order chi connectivity index (χ0) is 7.49. The predicted octanol–water partition coefficient (Wildman–Crippen LogP) is 0.0920. The first-order valence-corrected chi connectivity index (χ1v) is 3.16. The molecule has 0 aliphatic carbocycles. The van der Waals surface area contributed by atoms with E-state index >= 15 is 0 Å². The van der Waals surface area contributed by atoms with E-state index in [4.69, 9.17) is 17.3 Å². The highest BCUT2D eigenvalue weighted by Crippen LogP contribution is 2.33. The summed E-state index contributed by atoms with van der Waals surface area (Å²) in [5.74, 6) is 0. The van der Waals surface area contributed by atoms with Crippen LogP contribution in [0.1, 0.15) is 6.92 Å². The van der Waals surface area contributed by atoms with Crippen molar-refractivity contribution < 1.29 is 4.74 Å². The van der Waals surface area contributed by atoms with Gasteiger partial charge in [-0.3, -0.25) is 5.73 Å². The van der Waals surface area contributed by atoms with Crippen LogP contribution >= 0.6 is 11.6 Å². The van der Waals surface area contributed by atoms with Gasteiger partial charge in [-0.15, -0.1) is 0 Å². The Hall–Kier alpha value is 0.170. The lowest BCUT2D eigenvalue weighted by molar-refractivity contribution is 0.362. The van der Waals surface area contributed by atoms with Crippen LogP contribution in [0.25, 0.3) is 0 Å². The van der Waals surface area contributed by atoms with Gasteiger partial charge >= 0.3 is 0 Å². The number of ether oxygens (including phenoxy) is 1. The Morgan fingerprint density at radius 2 is 1.78 bits per heavy atom. The van der Waals surface area contributed by atoms with Crippen molar-refractivity contribution in [3.05, 3.63) is 0 Å². The number of hydrogen-bond donors (Lipinski definition) is 2. The number of halogens is 1. The molecule has 0 aromatic carbocycles. The SMILES string of the molecule is CC1OC1(N)Cl.CNC. The minimum Gasteiger partial charge on any atom is -0.336 e. The molecule has 2 atom stereocenters. The van der Waals surface area contributed by atoms with Crippen molar-refractivity contribution in [2.24, 2.45) is 5.73 Å². The average Bonchev–Trinajstić information content (AvgIpc) is 2.14. The summed E-state index contributed by atoms with van der Waals surface area (Å²) < 4.78 is 4.65. The van der Waals surface area contributed by atoms with Crippen LogP contribution in [-0.4, -0.2) is 25.4 Å². The summed E-state index contributed by atoms with van der Waals surface area (Å²) in [6.07, 6.45) is 0.0409. The maximum Gasteiger partial charge on any atom is 0.220 e. The standard InChI is InChI=1S/C3H6ClNO.C2H7N/c1-2-3(4,5)6-2;1-3-2/h2H,5H2,1H3;3H,1-2H3. The van der Waals surface area contributed by atoms with Crippen molar-refractivity contribution in [1.29, 1.82) is 0 Å². The third-order valence-corrected chi connectivity index (χ3v) is 1.25. The van der Waals surface area contributed by atoms with Gasteiger partial charge in [0.15, 0.2) is 0 Å². The maximum atomic E-state index is 5.35. The number of nitrogens with two attached hydrogens (primary N) is 1. The molecule has 1 heterocycles. The second kappa shape index (κ2) is 3.37. The fourth-order valence-electron chi connectivity index (χ4n) is 0.237. The molecule has 1 rings (SSSR count). The average molecular weight is 153 g/mol. The highest BCUT2D eigenvalue weighted by molar-refractivity contribution is 6.24. The first-order valence-electron chi connectivity index (χ1n) is 2.78. The van der Waals surface area contributed by atoms with Gasteiger partial charge in [-0.1, -0.05) is 11.6 Å². The second-order valence-corrected chi connectivity index (χ2v) is 2.55. The van der Waals surface area contributed by atoms with E-state index < -0.39 is 5.18 Å². The fourth-order valence-corrected chi connectivity index (χ4v) is 0.371. The summed E-state index contributed by atoms with van der Waals surface area (Å²) >= 11 is 5.35. The van der Waals surface area contributed by atoms with E-state index in [1.54, 1.807) is 0 Å². The van der Waals surface area contributed by atoms with Gasteiger partial charge in [0.1, 0.15) is 6.10 Å². The molecular formula is C5H13ClN2O. The zero-order valence-electron chi connectivity index (χ0n) is 5.94. The van der Waals surface area contributed by atoms with Gasteiger partial charge in [0.25, 0.3) is 0 Å². The van der Waals surface area contributed by atoms with Gasteiger partial charge in [-0.2, -0.15) is 0 Å². The molecule has 56 valence electrons. The third-order valence-electron chi connectivity index (χ3n) is 0.854. The Labute approximate surface area is 60.5 Å². The molecule has 1 saturated heterocycles. The van der Waals surface area contributed by atoms with Crippen molar-refractivity contribution in [2.45, 2.75) is 18.2 Å². The number of alkyl halides is 1. The molecule has 0 bridgehead atoms. The van der Waals surface area contributed by atoms with Crippen molar-refractivity contribution in [3.63, 3.8) is 0 Å². The lowest BCUT2D eigenvalue weighted by atomic mass is 10.5. The van der Waals surface area contributed by atoms with Crippen molar-refractivity contribution >= 4 is 11.6 Å². The van der Waals surface area contributed by atoms with Crippen LogP contribution in [0.15, 0.2) is 0 Å². The topological polar surface area (TPSA) is 50.6 Å². The van der Waals surface area contributed by atoms with Gasteiger partial charge in [-0.05, 0) is 21.0 Å². The highest BCUT2D eigenvalue weighted by atomic mass is 35.5. The number of nitrogens with one attached hydrogen (secondary N) is 1. The summed E-state index contributed by atoms with van der Waals surface area (Å²) in [4.78, 5) is 0. The van der Waals surface area contributed by atoms with Gasteiger partial charge in [0.2, 0.25) is 5.18 Å². The Balaban J connectivity index is 0.000000187. The molecule has 0 aromatic rings. The Bertz CT molecular complexity index is 87.0. The highest BCUT2D eigenvalue weighted by Gasteiger charge is 2.48. The third kappa shape index (κ3) is 3.70. The summed E-state index contributed by atoms with van der Waals surface area (Å²) in [6, 6.07) is 0. The van der Waals surface area contributed by atoms with E-state index in [-0.39, 0.29) is 6.10 Å². The molecule has 0 saturated carbocycles. The van der Waals surface area contributed by atoms with Crippen LogP contribution in [-0.2, 0) is 4.74 Å². The fraction of sp³-hybridized carbons (Fsp3) is 1.00. The molecule has 1 aliphatic rings. The van der Waals surface area contributed by atoms with Gasteiger partial charge in [-0.25, -0.2) is 0 Å². The van der Waals surface area contributed by atoms with Crippen LogP contribution in [0.5, 0.6) is 0 Å². The molecular weight excluding hydrogens is 140 g/mol. The lowest BCUT2D eigenvalue weighted by Crippen LogP contribution is -2.16. The van der Waals surface area contributed by atoms with Crippen LogP contribution in [0.4, 0.5) is 0 Å². The van der Waals surface area contributed by atoms with Crippen molar-refractivity contribution in [2.75, 3.05) is 14.1 Å². The second-order valence-electron chi connectivity index (χ2n) is 1.96. The van der Waals surface area contributed by atoms with Crippen LogP contribution in [0, 0.1) is 0 Å². The molecule has 0 aromatic heterocycles. The Morgan fingerprint density at radius 1 is 1.67 bits per heavy atom. The van der Waals surface area contributed by atoms with E-state index in [1.165, 1.54) is 0 Å². The molecule has 3 nitrogen and oxygen atoms in total. The lowest BCUT2D eigenvalue weighted by Gasteiger charge is -1.82. The zero-order valence-corrected chi connectivity index (χ0v) is 6.70. The number of rotatable bonds is 0. The number of epoxide rings is 1. The van der Waals surface area contributed by atoms with Crippen LogP contribution in [0.2, 0.25) is 0 Å². The molecule has 0 amide bonds. The molecule has 0 radical (unpaired) electrons. The van der Waals surface area contributed by atoms with E-state index in [0.29, 0.717) is 0 Å². The Morgan fingerprint density at radius 3 is 1.78 bits per heavy atom. The van der Waals surface area contributed by atoms with E-state index in [1.807, 2.05) is 21.0 Å². The molecule has 4 heteroatoms. The quantitative estimate of drug-likeness (QED) is 0.294. The summed E-state index contributed by atoms with van der Waals surface area (Å²) in [5.41, 5.74) is 5.15. The molecule has 0 spiro atoms. The molecule has 1 fully saturated rings. The minimum atomic E-state index is -0.819. The maximum absolute atomic E-state index is 5.35. The van der Waals surface area contributed by atoms with Crippen LogP contribution in [0.3, 0.4) is 0 Å². The van der Waals surface area contributed by atoms with Gasteiger partial charge in [0.05, 0.1) is 0 Å². The van der Waals surface area contributed by atoms with E-state index in [9.17, 15) is 0 Å². The largest absolute Gasteiger partial charge is 0.336 e. The molecule has 1 aliphatic heterocycles. The Kier molecular flexibility index (Phi) is 3.43. The predicted molar refractivity (Wildman–Crippen MR) is 38.3 cm³/mol. The van der Waals surface area contributed by atoms with Gasteiger partial charge < -0.3 is 10.1 Å². The van der Waals surface area contributed by atoms with Crippen molar-refractivity contribution in [3.8, 4) is 0 Å².